The van der Waals surface area contributed by atoms with E-state index in [1.54, 1.807) is 6.33 Å². The van der Waals surface area contributed by atoms with Gasteiger partial charge in [0.1, 0.15) is 6.33 Å². The number of nitrogens with zero attached hydrogens (tertiary/aromatic N) is 4. The zero-order valence-electron chi connectivity index (χ0n) is 14.1. The van der Waals surface area contributed by atoms with Crippen LogP contribution in [0.5, 0.6) is 0 Å². The zero-order valence-corrected chi connectivity index (χ0v) is 14.1. The lowest BCUT2D eigenvalue weighted by atomic mass is 10.1. The van der Waals surface area contributed by atoms with E-state index >= 15 is 0 Å². The average Bonchev–Trinajstić information content (AvgIpc) is 2.88. The number of para-hydroxylation sites is 2. The summed E-state index contributed by atoms with van der Waals surface area (Å²) in [5, 5.41) is 0. The van der Waals surface area contributed by atoms with Gasteiger partial charge in [0.15, 0.2) is 11.0 Å². The first-order valence-corrected chi connectivity index (χ1v) is 8.01. The van der Waals surface area contributed by atoms with Crippen LogP contribution >= 0.6 is 0 Å². The summed E-state index contributed by atoms with van der Waals surface area (Å²) in [7, 11) is 2.11. The number of hydrogen-bond donors (Lipinski definition) is 0. The summed E-state index contributed by atoms with van der Waals surface area (Å²) < 4.78 is 4.45. The third-order valence-corrected chi connectivity index (χ3v) is 4.42. The molecule has 0 aliphatic rings. The Hall–Kier alpha value is -3.01. The summed E-state index contributed by atoms with van der Waals surface area (Å²) >= 11 is 0. The quantitative estimate of drug-likeness (QED) is 0.530. The number of aromatic nitrogens is 4. The van der Waals surface area contributed by atoms with Gasteiger partial charge in [0.05, 0.1) is 12.6 Å². The molecule has 2 aromatic heterocycles. The first-order valence-electron chi connectivity index (χ1n) is 8.01. The number of hydrogen-bond acceptors (Lipinski definition) is 2. The van der Waals surface area contributed by atoms with Crippen molar-refractivity contribution in [2.24, 2.45) is 7.05 Å². The van der Waals surface area contributed by atoms with Crippen LogP contribution in [0, 0.1) is 13.8 Å². The molecular formula is C20H19N4+. The normalized spacial score (nSPS) is 11.1. The van der Waals surface area contributed by atoms with E-state index in [0.29, 0.717) is 0 Å². The van der Waals surface area contributed by atoms with Gasteiger partial charge in [-0.25, -0.2) is 9.55 Å². The van der Waals surface area contributed by atoms with Crippen molar-refractivity contribution in [1.29, 1.82) is 0 Å². The lowest BCUT2D eigenvalue weighted by Crippen LogP contribution is -2.30. The minimum atomic E-state index is 0.887. The molecule has 4 heteroatoms. The second-order valence-corrected chi connectivity index (χ2v) is 6.04. The average molecular weight is 315 g/mol. The third kappa shape index (κ3) is 2.19. The molecule has 0 unspecified atom stereocenters. The Morgan fingerprint density at radius 3 is 2.46 bits per heavy atom. The Kier molecular flexibility index (Phi) is 3.38. The van der Waals surface area contributed by atoms with E-state index < -0.39 is 0 Å². The number of benzene rings is 2. The maximum Gasteiger partial charge on any atom is 0.296 e. The van der Waals surface area contributed by atoms with Crippen molar-refractivity contribution in [3.63, 3.8) is 0 Å². The molecule has 0 radical (unpaired) electrons. The highest BCUT2D eigenvalue weighted by Crippen LogP contribution is 2.28. The first-order chi connectivity index (χ1) is 11.7. The van der Waals surface area contributed by atoms with Crippen LogP contribution in [0.25, 0.3) is 28.2 Å². The third-order valence-electron chi connectivity index (χ3n) is 4.42. The summed E-state index contributed by atoms with van der Waals surface area (Å²) in [4.78, 5) is 8.77. The van der Waals surface area contributed by atoms with E-state index in [2.05, 4.69) is 81.6 Å². The first kappa shape index (κ1) is 14.6. The summed E-state index contributed by atoms with van der Waals surface area (Å²) in [5.41, 5.74) is 5.70. The Morgan fingerprint density at radius 1 is 0.917 bits per heavy atom. The summed E-state index contributed by atoms with van der Waals surface area (Å²) in [6.45, 7) is 4.13. The van der Waals surface area contributed by atoms with Gasteiger partial charge in [-0.1, -0.05) is 30.3 Å². The van der Waals surface area contributed by atoms with Crippen LogP contribution in [0.2, 0.25) is 0 Å². The highest BCUT2D eigenvalue weighted by atomic mass is 15.2. The van der Waals surface area contributed by atoms with E-state index in [-0.39, 0.29) is 0 Å². The van der Waals surface area contributed by atoms with Gasteiger partial charge in [-0.3, -0.25) is 0 Å². The minimum Gasteiger partial charge on any atom is -0.241 e. The molecule has 4 rings (SSSR count). The molecule has 0 aliphatic heterocycles. The molecular weight excluding hydrogens is 296 g/mol. The molecule has 2 aromatic carbocycles. The molecule has 0 saturated heterocycles. The highest BCUT2D eigenvalue weighted by molar-refractivity contribution is 5.79. The van der Waals surface area contributed by atoms with Crippen molar-refractivity contribution in [1.82, 2.24) is 14.5 Å². The van der Waals surface area contributed by atoms with Crippen LogP contribution in [-0.4, -0.2) is 14.5 Å². The molecule has 0 aliphatic carbocycles. The van der Waals surface area contributed by atoms with Crippen LogP contribution in [0.15, 0.2) is 60.9 Å². The highest BCUT2D eigenvalue weighted by Gasteiger charge is 2.27. The van der Waals surface area contributed by atoms with Gasteiger partial charge in [0.2, 0.25) is 5.82 Å². The van der Waals surface area contributed by atoms with E-state index in [1.807, 2.05) is 13.0 Å². The smallest absolute Gasteiger partial charge is 0.241 e. The molecule has 118 valence electrons. The largest absolute Gasteiger partial charge is 0.296 e. The van der Waals surface area contributed by atoms with Crippen molar-refractivity contribution in [3.05, 3.63) is 72.2 Å². The number of fused-ring (bicyclic) bond motifs is 1. The molecule has 0 N–H and O–H groups in total. The SMILES string of the molecule is Cc1cc(-n2c(-c3ccccc3C)[n+](C)c3ccccc32)ncn1. The van der Waals surface area contributed by atoms with Crippen molar-refractivity contribution in [2.45, 2.75) is 13.8 Å². The van der Waals surface area contributed by atoms with Crippen LogP contribution in [0.1, 0.15) is 11.3 Å². The topological polar surface area (TPSA) is 34.6 Å². The Bertz CT molecular complexity index is 1050. The molecule has 0 saturated carbocycles. The van der Waals surface area contributed by atoms with Gasteiger partial charge in [0.25, 0.3) is 5.82 Å². The van der Waals surface area contributed by atoms with E-state index in [0.717, 1.165) is 22.9 Å². The summed E-state index contributed by atoms with van der Waals surface area (Å²) in [6, 6.07) is 18.9. The van der Waals surface area contributed by atoms with Gasteiger partial charge < -0.3 is 0 Å². The fourth-order valence-electron chi connectivity index (χ4n) is 3.23. The second kappa shape index (κ2) is 5.57. The Balaban J connectivity index is 2.15. The van der Waals surface area contributed by atoms with Crippen molar-refractivity contribution in [2.75, 3.05) is 0 Å². The van der Waals surface area contributed by atoms with Gasteiger partial charge in [-0.15, -0.1) is 0 Å². The van der Waals surface area contributed by atoms with Gasteiger partial charge in [-0.05, 0) is 37.6 Å². The molecule has 4 aromatic rings. The predicted molar refractivity (Wildman–Crippen MR) is 95.0 cm³/mol. The summed E-state index contributed by atoms with van der Waals surface area (Å²) in [6.07, 6.45) is 1.63. The molecule has 2 heterocycles. The second-order valence-electron chi connectivity index (χ2n) is 6.04. The maximum atomic E-state index is 4.53. The Morgan fingerprint density at radius 2 is 1.67 bits per heavy atom. The Labute approximate surface area is 141 Å². The number of rotatable bonds is 2. The molecule has 0 spiro atoms. The van der Waals surface area contributed by atoms with E-state index in [1.165, 1.54) is 16.6 Å². The molecule has 0 bridgehead atoms. The maximum absolute atomic E-state index is 4.53. The van der Waals surface area contributed by atoms with Crippen molar-refractivity contribution < 1.29 is 4.57 Å². The monoisotopic (exact) mass is 315 g/mol. The molecule has 0 fully saturated rings. The molecule has 0 atom stereocenters. The molecule has 24 heavy (non-hydrogen) atoms. The fraction of sp³-hybridized carbons (Fsp3) is 0.150. The summed E-state index contributed by atoms with van der Waals surface area (Å²) in [5.74, 6) is 2.00. The predicted octanol–water partition coefficient (Wildman–Crippen LogP) is 3.53. The van der Waals surface area contributed by atoms with Crippen LogP contribution in [0.3, 0.4) is 0 Å². The van der Waals surface area contributed by atoms with Crippen LogP contribution < -0.4 is 4.57 Å². The van der Waals surface area contributed by atoms with Gasteiger partial charge in [0, 0.05) is 11.8 Å². The number of aryl methyl sites for hydroxylation is 3. The molecule has 0 amide bonds. The lowest BCUT2D eigenvalue weighted by molar-refractivity contribution is -0.633. The van der Waals surface area contributed by atoms with Crippen molar-refractivity contribution in [3.8, 4) is 17.2 Å². The molecule has 4 nitrogen and oxygen atoms in total. The van der Waals surface area contributed by atoms with Crippen LogP contribution in [-0.2, 0) is 7.05 Å². The number of imidazole rings is 1. The zero-order chi connectivity index (χ0) is 16.7. The standard InChI is InChI=1S/C20H19N4/c1-14-8-4-5-9-16(14)20-23(3)17-10-6-7-11-18(17)24(20)19-12-15(2)21-13-22-19/h4-13H,1-3H3/q+1. The van der Waals surface area contributed by atoms with E-state index in [9.17, 15) is 0 Å². The van der Waals surface area contributed by atoms with E-state index in [4.69, 9.17) is 0 Å². The minimum absolute atomic E-state index is 0.887. The lowest BCUT2D eigenvalue weighted by Gasteiger charge is -2.05. The van der Waals surface area contributed by atoms with Gasteiger partial charge in [-0.2, -0.15) is 9.55 Å². The van der Waals surface area contributed by atoms with Gasteiger partial charge >= 0.3 is 0 Å². The van der Waals surface area contributed by atoms with Crippen molar-refractivity contribution >= 4 is 11.0 Å². The fourth-order valence-corrected chi connectivity index (χ4v) is 3.23. The van der Waals surface area contributed by atoms with Crippen LogP contribution in [0.4, 0.5) is 0 Å².